The predicted molar refractivity (Wildman–Crippen MR) is 78.3 cm³/mol. The van der Waals surface area contributed by atoms with Crippen LogP contribution in [-0.4, -0.2) is 19.8 Å². The molecule has 1 aromatic rings. The molecule has 0 unspecified atom stereocenters. The van der Waals surface area contributed by atoms with Gasteiger partial charge in [0.15, 0.2) is 0 Å². The number of hydrogen-bond acceptors (Lipinski definition) is 2. The van der Waals surface area contributed by atoms with Crippen LogP contribution in [0.1, 0.15) is 43.7 Å². The lowest BCUT2D eigenvalue weighted by atomic mass is 9.50. The van der Waals surface area contributed by atoms with Gasteiger partial charge < -0.3 is 10.5 Å². The number of hydrogen-bond donors (Lipinski definition) is 1. The van der Waals surface area contributed by atoms with Gasteiger partial charge in [-0.05, 0) is 42.3 Å². The number of benzene rings is 1. The third-order valence-corrected chi connectivity index (χ3v) is 5.46. The Balaban J connectivity index is 1.89. The van der Waals surface area contributed by atoms with Crippen LogP contribution in [0, 0.1) is 5.41 Å². The second-order valence-electron chi connectivity index (χ2n) is 6.36. The highest BCUT2D eigenvalue weighted by atomic mass is 16.5. The minimum Gasteiger partial charge on any atom is -0.379 e. The molecule has 2 aliphatic rings. The molecule has 1 heterocycles. The van der Waals surface area contributed by atoms with Gasteiger partial charge in [-0.25, -0.2) is 0 Å². The fraction of sp³-hybridized carbons (Fsp3) is 0.647. The normalized spacial score (nSPS) is 23.5. The summed E-state index contributed by atoms with van der Waals surface area (Å²) in [5, 5.41) is 0. The van der Waals surface area contributed by atoms with Crippen LogP contribution in [-0.2, 0) is 16.6 Å². The molecule has 0 aromatic heterocycles. The van der Waals surface area contributed by atoms with E-state index in [0.717, 1.165) is 19.8 Å². The number of ether oxygens (including phenoxy) is 1. The van der Waals surface area contributed by atoms with Gasteiger partial charge in [0.25, 0.3) is 0 Å². The largest absolute Gasteiger partial charge is 0.379 e. The maximum atomic E-state index is 6.12. The standard InChI is InChI=1S/C17H25NO/c1-2-4-14-5-7-15(8-6-14)17(12-19-13-17)16(11-18)9-3-10-16/h5-8H,2-4,9-13,18H2,1H3. The lowest BCUT2D eigenvalue weighted by Crippen LogP contribution is -2.64. The molecule has 1 saturated carbocycles. The fourth-order valence-corrected chi connectivity index (χ4v) is 3.85. The Kier molecular flexibility index (Phi) is 3.40. The molecule has 0 spiro atoms. The summed E-state index contributed by atoms with van der Waals surface area (Å²) < 4.78 is 5.60. The van der Waals surface area contributed by atoms with Gasteiger partial charge in [-0.1, -0.05) is 44.0 Å². The molecule has 2 N–H and O–H groups in total. The van der Waals surface area contributed by atoms with Gasteiger partial charge in [0, 0.05) is 5.41 Å². The summed E-state index contributed by atoms with van der Waals surface area (Å²) >= 11 is 0. The molecule has 1 aliphatic carbocycles. The first-order chi connectivity index (χ1) is 9.26. The number of rotatable bonds is 5. The molecular weight excluding hydrogens is 234 g/mol. The van der Waals surface area contributed by atoms with E-state index in [4.69, 9.17) is 10.5 Å². The highest BCUT2D eigenvalue weighted by Crippen LogP contribution is 2.57. The van der Waals surface area contributed by atoms with E-state index < -0.39 is 0 Å². The van der Waals surface area contributed by atoms with Crippen LogP contribution in [0.15, 0.2) is 24.3 Å². The van der Waals surface area contributed by atoms with E-state index in [1.807, 2.05) is 0 Å². The van der Waals surface area contributed by atoms with Crippen LogP contribution in [0.4, 0.5) is 0 Å². The van der Waals surface area contributed by atoms with Gasteiger partial charge in [-0.3, -0.25) is 0 Å². The Hall–Kier alpha value is -0.860. The average Bonchev–Trinajstić information content (AvgIpc) is 2.33. The smallest absolute Gasteiger partial charge is 0.0591 e. The summed E-state index contributed by atoms with van der Waals surface area (Å²) in [7, 11) is 0. The average molecular weight is 259 g/mol. The van der Waals surface area contributed by atoms with E-state index in [-0.39, 0.29) is 5.41 Å². The molecule has 2 fully saturated rings. The van der Waals surface area contributed by atoms with Crippen LogP contribution in [0.25, 0.3) is 0 Å². The molecular formula is C17H25NO. The minimum atomic E-state index is 0.199. The van der Waals surface area contributed by atoms with E-state index in [1.54, 1.807) is 0 Å². The Labute approximate surface area is 116 Å². The zero-order chi connectivity index (χ0) is 13.3. The van der Waals surface area contributed by atoms with Gasteiger partial charge in [-0.2, -0.15) is 0 Å². The van der Waals surface area contributed by atoms with Gasteiger partial charge in [0.1, 0.15) is 0 Å². The Bertz CT molecular complexity index is 424. The Morgan fingerprint density at radius 3 is 2.21 bits per heavy atom. The van der Waals surface area contributed by atoms with Crippen LogP contribution >= 0.6 is 0 Å². The molecule has 1 aliphatic heterocycles. The van der Waals surface area contributed by atoms with Crippen LogP contribution in [0.2, 0.25) is 0 Å². The molecule has 1 aromatic carbocycles. The molecule has 0 radical (unpaired) electrons. The first kappa shape index (κ1) is 13.1. The molecule has 104 valence electrons. The first-order valence-electron chi connectivity index (χ1n) is 7.64. The fourth-order valence-electron chi connectivity index (χ4n) is 3.85. The van der Waals surface area contributed by atoms with Gasteiger partial charge in [-0.15, -0.1) is 0 Å². The topological polar surface area (TPSA) is 35.2 Å². The van der Waals surface area contributed by atoms with Crippen LogP contribution < -0.4 is 5.73 Å². The van der Waals surface area contributed by atoms with Crippen LogP contribution in [0.3, 0.4) is 0 Å². The zero-order valence-corrected chi connectivity index (χ0v) is 12.0. The summed E-state index contributed by atoms with van der Waals surface area (Å²) in [6.07, 6.45) is 6.24. The monoisotopic (exact) mass is 259 g/mol. The van der Waals surface area contributed by atoms with Crippen LogP contribution in [0.5, 0.6) is 0 Å². The van der Waals surface area contributed by atoms with Gasteiger partial charge in [0.05, 0.1) is 13.2 Å². The predicted octanol–water partition coefficient (Wildman–Crippen LogP) is 3.04. The quantitative estimate of drug-likeness (QED) is 0.882. The Morgan fingerprint density at radius 1 is 1.16 bits per heavy atom. The Morgan fingerprint density at radius 2 is 1.84 bits per heavy atom. The van der Waals surface area contributed by atoms with Crippen molar-refractivity contribution >= 4 is 0 Å². The number of aryl methyl sites for hydroxylation is 1. The van der Waals surface area contributed by atoms with E-state index >= 15 is 0 Å². The SMILES string of the molecule is CCCc1ccc(C2(C3(CN)CCC3)COC2)cc1. The summed E-state index contributed by atoms with van der Waals surface area (Å²) in [4.78, 5) is 0. The van der Waals surface area contributed by atoms with Crippen molar-refractivity contribution in [1.29, 1.82) is 0 Å². The molecule has 2 heteroatoms. The van der Waals surface area contributed by atoms with Gasteiger partial charge >= 0.3 is 0 Å². The zero-order valence-electron chi connectivity index (χ0n) is 12.0. The lowest BCUT2D eigenvalue weighted by Gasteiger charge is -2.60. The minimum absolute atomic E-state index is 0.199. The van der Waals surface area contributed by atoms with Gasteiger partial charge in [0.2, 0.25) is 0 Å². The summed E-state index contributed by atoms with van der Waals surface area (Å²) in [6, 6.07) is 9.23. The van der Waals surface area contributed by atoms with Crippen molar-refractivity contribution in [1.82, 2.24) is 0 Å². The van der Waals surface area contributed by atoms with Crippen molar-refractivity contribution in [3.05, 3.63) is 35.4 Å². The van der Waals surface area contributed by atoms with Crippen molar-refractivity contribution in [2.24, 2.45) is 11.1 Å². The third-order valence-electron chi connectivity index (χ3n) is 5.46. The van der Waals surface area contributed by atoms with E-state index in [0.29, 0.717) is 5.41 Å². The highest BCUT2D eigenvalue weighted by Gasteiger charge is 2.58. The first-order valence-corrected chi connectivity index (χ1v) is 7.64. The second-order valence-corrected chi connectivity index (χ2v) is 6.36. The van der Waals surface area contributed by atoms with E-state index in [1.165, 1.54) is 43.2 Å². The second kappa shape index (κ2) is 4.92. The molecule has 19 heavy (non-hydrogen) atoms. The summed E-state index contributed by atoms with van der Waals surface area (Å²) in [5.41, 5.74) is 9.52. The summed E-state index contributed by atoms with van der Waals surface area (Å²) in [6.45, 7) is 4.74. The number of nitrogens with two attached hydrogens (primary N) is 1. The van der Waals surface area contributed by atoms with Crippen molar-refractivity contribution in [2.75, 3.05) is 19.8 Å². The maximum absolute atomic E-state index is 6.12. The molecule has 0 atom stereocenters. The molecule has 2 nitrogen and oxygen atoms in total. The molecule has 0 amide bonds. The van der Waals surface area contributed by atoms with E-state index in [9.17, 15) is 0 Å². The van der Waals surface area contributed by atoms with Crippen molar-refractivity contribution in [2.45, 2.75) is 44.4 Å². The van der Waals surface area contributed by atoms with Crippen molar-refractivity contribution in [3.63, 3.8) is 0 Å². The molecule has 1 saturated heterocycles. The maximum Gasteiger partial charge on any atom is 0.0591 e. The van der Waals surface area contributed by atoms with Crippen molar-refractivity contribution < 1.29 is 4.74 Å². The van der Waals surface area contributed by atoms with Crippen molar-refractivity contribution in [3.8, 4) is 0 Å². The third kappa shape index (κ3) is 1.85. The molecule has 3 rings (SSSR count). The lowest BCUT2D eigenvalue weighted by molar-refractivity contribution is -0.153. The highest BCUT2D eigenvalue weighted by molar-refractivity contribution is 5.35. The summed E-state index contributed by atoms with van der Waals surface area (Å²) in [5.74, 6) is 0. The molecule has 0 bridgehead atoms. The van der Waals surface area contributed by atoms with E-state index in [2.05, 4.69) is 31.2 Å².